The van der Waals surface area contributed by atoms with Crippen molar-refractivity contribution in [2.45, 2.75) is 59.1 Å². The summed E-state index contributed by atoms with van der Waals surface area (Å²) in [6.45, 7) is 12.1. The number of alkyl carbamates (subject to hydrolysis) is 1. The van der Waals surface area contributed by atoms with Gasteiger partial charge in [-0.25, -0.2) is 9.18 Å². The minimum atomic E-state index is -0.392. The van der Waals surface area contributed by atoms with Crippen molar-refractivity contribution >= 4 is 6.09 Å². The first-order chi connectivity index (χ1) is 16.7. The van der Waals surface area contributed by atoms with Gasteiger partial charge in [0.05, 0.1) is 12.6 Å². The molecule has 0 spiro atoms. The molecule has 3 saturated heterocycles. The predicted octanol–water partition coefficient (Wildman–Crippen LogP) is 5.97. The third-order valence-corrected chi connectivity index (χ3v) is 7.83. The quantitative estimate of drug-likeness (QED) is 0.553. The number of hydrogen-bond acceptors (Lipinski definition) is 4. The van der Waals surface area contributed by atoms with Crippen molar-refractivity contribution in [3.63, 3.8) is 0 Å². The summed E-state index contributed by atoms with van der Waals surface area (Å²) in [6, 6.07) is 10.8. The third kappa shape index (κ3) is 5.04. The molecule has 3 aliphatic heterocycles. The van der Waals surface area contributed by atoms with E-state index < -0.39 is 6.09 Å². The van der Waals surface area contributed by atoms with Crippen LogP contribution >= 0.6 is 0 Å². The average molecular weight is 481 g/mol. The summed E-state index contributed by atoms with van der Waals surface area (Å²) in [5.41, 5.74) is 3.07. The Hall–Kier alpha value is -2.60. The molecule has 2 bridgehead atoms. The van der Waals surface area contributed by atoms with Gasteiger partial charge in [-0.15, -0.1) is 0 Å². The molecule has 5 nitrogen and oxygen atoms in total. The zero-order valence-corrected chi connectivity index (χ0v) is 21.3. The highest BCUT2D eigenvalue weighted by Crippen LogP contribution is 2.47. The highest BCUT2D eigenvalue weighted by Gasteiger charge is 2.42. The molecule has 0 radical (unpaired) electrons. The first kappa shape index (κ1) is 24.1. The first-order valence-corrected chi connectivity index (χ1v) is 12.9. The number of fused-ring (bicyclic) bond motifs is 4. The van der Waals surface area contributed by atoms with E-state index in [4.69, 9.17) is 9.47 Å². The Kier molecular flexibility index (Phi) is 6.51. The van der Waals surface area contributed by atoms with Crippen molar-refractivity contribution in [1.29, 1.82) is 0 Å². The van der Waals surface area contributed by atoms with E-state index in [1.165, 1.54) is 0 Å². The second kappa shape index (κ2) is 9.45. The van der Waals surface area contributed by atoms with Crippen LogP contribution in [-0.4, -0.2) is 43.3 Å². The van der Waals surface area contributed by atoms with Crippen LogP contribution in [0.1, 0.15) is 57.7 Å². The number of carbonyl (C=O) groups excluding carboxylic acids is 1. The van der Waals surface area contributed by atoms with Gasteiger partial charge in [0.15, 0.2) is 0 Å². The molecule has 1 aliphatic carbocycles. The maximum atomic E-state index is 15.3. The molecule has 1 N–H and O–H groups in total. The van der Waals surface area contributed by atoms with Crippen LogP contribution in [0.4, 0.5) is 9.18 Å². The molecule has 2 aromatic carbocycles. The summed E-state index contributed by atoms with van der Waals surface area (Å²) in [7, 11) is 0. The van der Waals surface area contributed by atoms with Crippen LogP contribution in [0, 0.1) is 23.1 Å². The van der Waals surface area contributed by atoms with Gasteiger partial charge >= 0.3 is 6.09 Å². The highest BCUT2D eigenvalue weighted by molar-refractivity contribution is 5.70. The fourth-order valence-corrected chi connectivity index (χ4v) is 5.89. The zero-order valence-electron chi connectivity index (χ0n) is 21.3. The molecule has 35 heavy (non-hydrogen) atoms. The van der Waals surface area contributed by atoms with Crippen molar-refractivity contribution < 1.29 is 18.7 Å². The van der Waals surface area contributed by atoms with Crippen molar-refractivity contribution in [1.82, 2.24) is 10.2 Å². The van der Waals surface area contributed by atoms with Crippen LogP contribution in [0.15, 0.2) is 36.4 Å². The average Bonchev–Trinajstić information content (AvgIpc) is 3.07. The van der Waals surface area contributed by atoms with Crippen molar-refractivity contribution in [3.05, 3.63) is 53.3 Å². The SMILES string of the molecule is CC(C)COc1ccc(-c2cc3c(cc2F)C(NC(=O)O[C@@H]2CN4CCC2CC4)C(C)(C)C3)cc1. The normalized spacial score (nSPS) is 26.5. The third-order valence-electron chi connectivity index (χ3n) is 7.83. The fourth-order valence-electron chi connectivity index (χ4n) is 5.89. The number of amides is 1. The van der Waals surface area contributed by atoms with Gasteiger partial charge in [-0.05, 0) is 90.6 Å². The highest BCUT2D eigenvalue weighted by atomic mass is 19.1. The minimum Gasteiger partial charge on any atom is -0.493 e. The van der Waals surface area contributed by atoms with E-state index in [0.717, 1.165) is 61.3 Å². The Labute approximate surface area is 208 Å². The Morgan fingerprint density at radius 1 is 1.17 bits per heavy atom. The van der Waals surface area contributed by atoms with Crippen molar-refractivity contribution in [2.75, 3.05) is 26.2 Å². The van der Waals surface area contributed by atoms with Crippen molar-refractivity contribution in [2.24, 2.45) is 17.3 Å². The monoisotopic (exact) mass is 480 g/mol. The molecule has 0 aromatic heterocycles. The zero-order chi connectivity index (χ0) is 24.7. The topological polar surface area (TPSA) is 50.8 Å². The first-order valence-electron chi connectivity index (χ1n) is 12.9. The van der Waals surface area contributed by atoms with Gasteiger partial charge in [0.25, 0.3) is 0 Å². The molecule has 6 heteroatoms. The number of nitrogens with zero attached hydrogens (tertiary/aromatic N) is 1. The van der Waals surface area contributed by atoms with Gasteiger partial charge in [-0.1, -0.05) is 39.8 Å². The smallest absolute Gasteiger partial charge is 0.407 e. The molecule has 2 aromatic rings. The Morgan fingerprint density at radius 3 is 2.51 bits per heavy atom. The number of piperidine rings is 3. The molecule has 3 fully saturated rings. The van der Waals surface area contributed by atoms with E-state index >= 15 is 4.39 Å². The summed E-state index contributed by atoms with van der Waals surface area (Å²) in [5.74, 6) is 1.41. The van der Waals surface area contributed by atoms with Crippen LogP contribution in [-0.2, 0) is 11.2 Å². The summed E-state index contributed by atoms with van der Waals surface area (Å²) in [6.07, 6.45) is 2.50. The van der Waals surface area contributed by atoms with Gasteiger partial charge in [0.2, 0.25) is 0 Å². The lowest BCUT2D eigenvalue weighted by molar-refractivity contribution is -0.0349. The number of halogens is 1. The number of rotatable bonds is 6. The summed E-state index contributed by atoms with van der Waals surface area (Å²) in [4.78, 5) is 15.3. The second-order valence-electron chi connectivity index (χ2n) is 11.6. The van der Waals surface area contributed by atoms with E-state index in [-0.39, 0.29) is 23.4 Å². The Balaban J connectivity index is 1.31. The number of carbonyl (C=O) groups is 1. The minimum absolute atomic E-state index is 0.0481. The molecular weight excluding hydrogens is 443 g/mol. The Morgan fingerprint density at radius 2 is 1.89 bits per heavy atom. The molecule has 3 heterocycles. The molecule has 188 valence electrons. The molecule has 1 amide bonds. The Bertz CT molecular complexity index is 1070. The van der Waals surface area contributed by atoms with Gasteiger partial charge in [-0.2, -0.15) is 0 Å². The number of benzene rings is 2. The molecule has 0 saturated carbocycles. The van der Waals surface area contributed by atoms with Crippen molar-refractivity contribution in [3.8, 4) is 16.9 Å². The van der Waals surface area contributed by atoms with Crippen LogP contribution in [0.3, 0.4) is 0 Å². The van der Waals surface area contributed by atoms with Gasteiger partial charge in [0.1, 0.15) is 17.7 Å². The maximum absolute atomic E-state index is 15.3. The summed E-state index contributed by atoms with van der Waals surface area (Å²) < 4.78 is 27.0. The fraction of sp³-hybridized carbons (Fsp3) is 0.552. The van der Waals surface area contributed by atoms with Gasteiger partial charge in [0, 0.05) is 12.1 Å². The predicted molar refractivity (Wildman–Crippen MR) is 135 cm³/mol. The number of nitrogens with one attached hydrogen (secondary N) is 1. The van der Waals surface area contributed by atoms with E-state index in [0.29, 0.717) is 24.0 Å². The lowest BCUT2D eigenvalue weighted by Gasteiger charge is -2.44. The molecule has 4 aliphatic rings. The second-order valence-corrected chi connectivity index (χ2v) is 11.6. The number of ether oxygens (including phenoxy) is 2. The molecule has 6 rings (SSSR count). The molecule has 1 unspecified atom stereocenters. The van der Waals surface area contributed by atoms with E-state index in [1.54, 1.807) is 6.07 Å². The van der Waals surface area contributed by atoms with Crippen LogP contribution in [0.5, 0.6) is 5.75 Å². The van der Waals surface area contributed by atoms with Crippen LogP contribution < -0.4 is 10.1 Å². The van der Waals surface area contributed by atoms with E-state index in [2.05, 4.69) is 37.9 Å². The molecular formula is C29H37FN2O3. The van der Waals surface area contributed by atoms with Crippen LogP contribution in [0.25, 0.3) is 11.1 Å². The van der Waals surface area contributed by atoms with Crippen LogP contribution in [0.2, 0.25) is 0 Å². The lowest BCUT2D eigenvalue weighted by Crippen LogP contribution is -2.53. The molecule has 2 atom stereocenters. The van der Waals surface area contributed by atoms with Gasteiger partial charge in [-0.3, -0.25) is 4.90 Å². The van der Waals surface area contributed by atoms with Gasteiger partial charge < -0.3 is 14.8 Å². The largest absolute Gasteiger partial charge is 0.493 e. The summed E-state index contributed by atoms with van der Waals surface area (Å²) >= 11 is 0. The lowest BCUT2D eigenvalue weighted by atomic mass is 9.85. The standard InChI is InChI=1S/C29H37FN2O3/c1-18(2)17-34-22-7-5-19(6-8-22)23-13-21-15-29(3,4)27(24(21)14-25(23)30)31-28(33)35-26-16-32-11-9-20(26)10-12-32/h5-8,13-14,18,20,26-27H,9-12,15-17H2,1-4H3,(H,31,33)/t26-,27?/m1/s1. The van der Waals surface area contributed by atoms with E-state index in [1.807, 2.05) is 30.3 Å². The summed E-state index contributed by atoms with van der Waals surface area (Å²) in [5, 5.41) is 3.09. The van der Waals surface area contributed by atoms with E-state index in [9.17, 15) is 4.79 Å². The maximum Gasteiger partial charge on any atom is 0.407 e. The number of hydrogen-bond donors (Lipinski definition) is 1.